The molecular formula is C17H18FN3O2. The molecule has 2 aromatic carbocycles. The minimum Gasteiger partial charge on any atom is -0.325 e. The zero-order valence-corrected chi connectivity index (χ0v) is 13.0. The van der Waals surface area contributed by atoms with E-state index in [1.807, 2.05) is 19.1 Å². The molecule has 0 heterocycles. The molecule has 0 saturated heterocycles. The molecule has 2 aromatic rings. The van der Waals surface area contributed by atoms with E-state index in [0.717, 1.165) is 5.56 Å². The molecule has 3 amide bonds. The van der Waals surface area contributed by atoms with E-state index >= 15 is 0 Å². The van der Waals surface area contributed by atoms with Crippen LogP contribution in [0.3, 0.4) is 0 Å². The Bertz CT molecular complexity index is 701. The van der Waals surface area contributed by atoms with Gasteiger partial charge in [-0.05, 0) is 37.3 Å². The van der Waals surface area contributed by atoms with Gasteiger partial charge in [-0.1, -0.05) is 23.8 Å². The van der Waals surface area contributed by atoms with Crippen LogP contribution in [0.5, 0.6) is 0 Å². The Morgan fingerprint density at radius 2 is 1.74 bits per heavy atom. The number of amides is 3. The first-order valence-corrected chi connectivity index (χ1v) is 7.08. The molecule has 0 unspecified atom stereocenters. The number of carbonyl (C=O) groups is 2. The molecule has 0 aliphatic carbocycles. The Morgan fingerprint density at radius 1 is 1.04 bits per heavy atom. The summed E-state index contributed by atoms with van der Waals surface area (Å²) in [6.07, 6.45) is 0. The van der Waals surface area contributed by atoms with E-state index in [2.05, 4.69) is 10.6 Å². The molecule has 0 atom stereocenters. The summed E-state index contributed by atoms with van der Waals surface area (Å²) in [6, 6.07) is 12.4. The average Bonchev–Trinajstić information content (AvgIpc) is 2.49. The molecule has 120 valence electrons. The van der Waals surface area contributed by atoms with Crippen molar-refractivity contribution in [2.45, 2.75) is 6.92 Å². The second-order valence-corrected chi connectivity index (χ2v) is 5.21. The van der Waals surface area contributed by atoms with E-state index in [9.17, 15) is 14.0 Å². The Labute approximate surface area is 134 Å². The summed E-state index contributed by atoms with van der Waals surface area (Å²) in [6.45, 7) is 1.84. The third-order valence-electron chi connectivity index (χ3n) is 3.14. The van der Waals surface area contributed by atoms with Gasteiger partial charge in [-0.3, -0.25) is 4.79 Å². The van der Waals surface area contributed by atoms with E-state index in [4.69, 9.17) is 0 Å². The minimum absolute atomic E-state index is 0.116. The first kappa shape index (κ1) is 16.5. The quantitative estimate of drug-likeness (QED) is 0.910. The van der Waals surface area contributed by atoms with E-state index in [1.54, 1.807) is 18.2 Å². The number of hydrogen-bond donors (Lipinski definition) is 2. The standard InChI is InChI=1S/C17H18FN3O2/c1-12-6-8-14(9-7-12)19-16(22)11-21(2)17(23)20-15-5-3-4-13(18)10-15/h3-10H,11H2,1-2H3,(H,19,22)(H,20,23). The van der Waals surface area contributed by atoms with Gasteiger partial charge in [-0.15, -0.1) is 0 Å². The number of likely N-dealkylation sites (N-methyl/N-ethyl adjacent to an activating group) is 1. The minimum atomic E-state index is -0.491. The van der Waals surface area contributed by atoms with Crippen LogP contribution in [0, 0.1) is 12.7 Å². The third-order valence-corrected chi connectivity index (χ3v) is 3.14. The van der Waals surface area contributed by atoms with Crippen molar-refractivity contribution in [2.24, 2.45) is 0 Å². The molecular weight excluding hydrogens is 297 g/mol. The number of benzene rings is 2. The lowest BCUT2D eigenvalue weighted by Crippen LogP contribution is -2.37. The molecule has 0 fully saturated rings. The van der Waals surface area contributed by atoms with Crippen molar-refractivity contribution in [3.05, 3.63) is 59.9 Å². The Morgan fingerprint density at radius 3 is 2.39 bits per heavy atom. The summed E-state index contributed by atoms with van der Waals surface area (Å²) in [5, 5.41) is 5.23. The number of aryl methyl sites for hydroxylation is 1. The SMILES string of the molecule is Cc1ccc(NC(=O)CN(C)C(=O)Nc2cccc(F)c2)cc1. The van der Waals surface area contributed by atoms with E-state index in [0.29, 0.717) is 11.4 Å². The van der Waals surface area contributed by atoms with Gasteiger partial charge in [-0.25, -0.2) is 9.18 Å². The number of nitrogens with zero attached hydrogens (tertiary/aromatic N) is 1. The zero-order chi connectivity index (χ0) is 16.8. The molecule has 2 N–H and O–H groups in total. The van der Waals surface area contributed by atoms with Crippen molar-refractivity contribution in [3.63, 3.8) is 0 Å². The molecule has 0 aliphatic heterocycles. The fraction of sp³-hybridized carbons (Fsp3) is 0.176. The van der Waals surface area contributed by atoms with Gasteiger partial charge in [-0.2, -0.15) is 0 Å². The van der Waals surface area contributed by atoms with Gasteiger partial charge in [0.2, 0.25) is 5.91 Å². The highest BCUT2D eigenvalue weighted by atomic mass is 19.1. The maximum absolute atomic E-state index is 13.1. The predicted octanol–water partition coefficient (Wildman–Crippen LogP) is 3.24. The van der Waals surface area contributed by atoms with Gasteiger partial charge in [0, 0.05) is 18.4 Å². The predicted molar refractivity (Wildman–Crippen MR) is 87.9 cm³/mol. The van der Waals surface area contributed by atoms with Crippen LogP contribution in [-0.4, -0.2) is 30.4 Å². The summed E-state index contributed by atoms with van der Waals surface area (Å²) in [7, 11) is 1.49. The highest BCUT2D eigenvalue weighted by Crippen LogP contribution is 2.10. The lowest BCUT2D eigenvalue weighted by molar-refractivity contribution is -0.116. The normalized spacial score (nSPS) is 10.0. The van der Waals surface area contributed by atoms with Crippen LogP contribution in [0.4, 0.5) is 20.6 Å². The molecule has 5 nitrogen and oxygen atoms in total. The number of anilines is 2. The number of rotatable bonds is 4. The van der Waals surface area contributed by atoms with Crippen LogP contribution in [0.25, 0.3) is 0 Å². The van der Waals surface area contributed by atoms with E-state index in [-0.39, 0.29) is 12.5 Å². The zero-order valence-electron chi connectivity index (χ0n) is 13.0. The van der Waals surface area contributed by atoms with Gasteiger partial charge < -0.3 is 15.5 Å². The number of halogens is 1. The molecule has 2 rings (SSSR count). The molecule has 0 saturated carbocycles. The summed E-state index contributed by atoms with van der Waals surface area (Å²) in [4.78, 5) is 25.1. The molecule has 0 spiro atoms. The van der Waals surface area contributed by atoms with Gasteiger partial charge in [0.15, 0.2) is 0 Å². The summed E-state index contributed by atoms with van der Waals surface area (Å²) < 4.78 is 13.1. The largest absolute Gasteiger partial charge is 0.325 e. The number of carbonyl (C=O) groups excluding carboxylic acids is 2. The van der Waals surface area contributed by atoms with Gasteiger partial charge in [0.1, 0.15) is 12.4 Å². The molecule has 0 aromatic heterocycles. The first-order chi connectivity index (χ1) is 10.9. The molecule has 0 aliphatic rings. The van der Waals surface area contributed by atoms with Crippen LogP contribution < -0.4 is 10.6 Å². The number of hydrogen-bond acceptors (Lipinski definition) is 2. The van der Waals surface area contributed by atoms with Crippen LogP contribution in [0.15, 0.2) is 48.5 Å². The third kappa shape index (κ3) is 5.10. The monoisotopic (exact) mass is 315 g/mol. The summed E-state index contributed by atoms with van der Waals surface area (Å²) >= 11 is 0. The van der Waals surface area contributed by atoms with Crippen molar-refractivity contribution >= 4 is 23.3 Å². The number of urea groups is 1. The fourth-order valence-corrected chi connectivity index (χ4v) is 1.91. The molecule has 6 heteroatoms. The van der Waals surface area contributed by atoms with E-state index < -0.39 is 11.8 Å². The Hall–Kier alpha value is -2.89. The maximum atomic E-state index is 13.1. The lowest BCUT2D eigenvalue weighted by atomic mass is 10.2. The summed E-state index contributed by atoms with van der Waals surface area (Å²) in [5.74, 6) is -0.756. The maximum Gasteiger partial charge on any atom is 0.322 e. The molecule has 0 radical (unpaired) electrons. The van der Waals surface area contributed by atoms with Crippen molar-refractivity contribution < 1.29 is 14.0 Å². The second kappa shape index (κ2) is 7.40. The molecule has 23 heavy (non-hydrogen) atoms. The molecule has 0 bridgehead atoms. The smallest absolute Gasteiger partial charge is 0.322 e. The van der Waals surface area contributed by atoms with Crippen LogP contribution in [0.2, 0.25) is 0 Å². The highest BCUT2D eigenvalue weighted by molar-refractivity contribution is 5.96. The average molecular weight is 315 g/mol. The summed E-state index contributed by atoms with van der Waals surface area (Å²) in [5.41, 5.74) is 2.09. The lowest BCUT2D eigenvalue weighted by Gasteiger charge is -2.17. The Balaban J connectivity index is 1.87. The van der Waals surface area contributed by atoms with Gasteiger partial charge >= 0.3 is 6.03 Å². The second-order valence-electron chi connectivity index (χ2n) is 5.21. The van der Waals surface area contributed by atoms with Crippen molar-refractivity contribution in [1.82, 2.24) is 4.90 Å². The Kier molecular flexibility index (Phi) is 5.30. The number of nitrogens with one attached hydrogen (secondary N) is 2. The fourth-order valence-electron chi connectivity index (χ4n) is 1.91. The van der Waals surface area contributed by atoms with Gasteiger partial charge in [0.25, 0.3) is 0 Å². The van der Waals surface area contributed by atoms with Gasteiger partial charge in [0.05, 0.1) is 0 Å². The van der Waals surface area contributed by atoms with E-state index in [1.165, 1.54) is 30.1 Å². The first-order valence-electron chi connectivity index (χ1n) is 7.08. The van der Waals surface area contributed by atoms with Crippen molar-refractivity contribution in [2.75, 3.05) is 24.2 Å². The highest BCUT2D eigenvalue weighted by Gasteiger charge is 2.13. The van der Waals surface area contributed by atoms with Crippen molar-refractivity contribution in [1.29, 1.82) is 0 Å². The van der Waals surface area contributed by atoms with Crippen LogP contribution in [-0.2, 0) is 4.79 Å². The van der Waals surface area contributed by atoms with Crippen LogP contribution in [0.1, 0.15) is 5.56 Å². The topological polar surface area (TPSA) is 61.4 Å². The van der Waals surface area contributed by atoms with Crippen molar-refractivity contribution in [3.8, 4) is 0 Å². The van der Waals surface area contributed by atoms with Crippen LogP contribution >= 0.6 is 0 Å².